The maximum absolute atomic E-state index is 12.6. The van der Waals surface area contributed by atoms with Crippen LogP contribution in [0, 0.1) is 12.8 Å². The molecule has 1 saturated heterocycles. The van der Waals surface area contributed by atoms with Crippen molar-refractivity contribution in [1.82, 2.24) is 0 Å². The summed E-state index contributed by atoms with van der Waals surface area (Å²) >= 11 is 15.6. The van der Waals surface area contributed by atoms with Crippen molar-refractivity contribution < 1.29 is 9.59 Å². The number of hydrogen-bond donors (Lipinski definition) is 1. The van der Waals surface area contributed by atoms with Gasteiger partial charge in [0.05, 0.1) is 16.6 Å². The number of anilines is 2. The molecule has 1 N–H and O–H groups in total. The first-order chi connectivity index (χ1) is 11.8. The maximum Gasteiger partial charge on any atom is 0.229 e. The summed E-state index contributed by atoms with van der Waals surface area (Å²) < 4.78 is 0.945. The number of nitrogens with one attached hydrogen (secondary N) is 1. The van der Waals surface area contributed by atoms with Crippen molar-refractivity contribution in [1.29, 1.82) is 0 Å². The number of rotatable bonds is 3. The van der Waals surface area contributed by atoms with Crippen LogP contribution in [0.3, 0.4) is 0 Å². The lowest BCUT2D eigenvalue weighted by Gasteiger charge is -2.18. The zero-order valence-electron chi connectivity index (χ0n) is 13.4. The van der Waals surface area contributed by atoms with Gasteiger partial charge in [-0.3, -0.25) is 9.59 Å². The number of halogens is 3. The quantitative estimate of drug-likeness (QED) is 0.723. The van der Waals surface area contributed by atoms with Crippen LogP contribution >= 0.6 is 39.1 Å². The van der Waals surface area contributed by atoms with E-state index in [0.29, 0.717) is 15.7 Å². The molecule has 0 bridgehead atoms. The molecule has 2 aromatic rings. The average Bonchev–Trinajstić information content (AvgIpc) is 2.94. The molecule has 1 aliphatic rings. The third kappa shape index (κ3) is 4.00. The summed E-state index contributed by atoms with van der Waals surface area (Å²) in [6.07, 6.45) is 0.143. The van der Waals surface area contributed by atoms with Crippen molar-refractivity contribution in [2.24, 2.45) is 5.92 Å². The van der Waals surface area contributed by atoms with E-state index in [4.69, 9.17) is 23.2 Å². The highest BCUT2D eigenvalue weighted by Gasteiger charge is 2.36. The van der Waals surface area contributed by atoms with Crippen LogP contribution in [-0.2, 0) is 9.59 Å². The van der Waals surface area contributed by atoms with Crippen molar-refractivity contribution in [2.75, 3.05) is 16.8 Å². The number of nitrogens with zero attached hydrogens (tertiary/aromatic N) is 1. The van der Waals surface area contributed by atoms with Crippen LogP contribution in [0.1, 0.15) is 12.0 Å². The summed E-state index contributed by atoms with van der Waals surface area (Å²) in [5.74, 6) is -0.762. The zero-order valence-corrected chi connectivity index (χ0v) is 16.5. The Hall–Kier alpha value is -1.56. The van der Waals surface area contributed by atoms with Crippen molar-refractivity contribution >= 4 is 62.3 Å². The summed E-state index contributed by atoms with van der Waals surface area (Å²) in [4.78, 5) is 26.4. The van der Waals surface area contributed by atoms with Gasteiger partial charge in [0, 0.05) is 28.1 Å². The predicted octanol–water partition coefficient (Wildman–Crippen LogP) is 5.06. The second-order valence-electron chi connectivity index (χ2n) is 5.95. The summed E-state index contributed by atoms with van der Waals surface area (Å²) in [5.41, 5.74) is 2.22. The molecular weight excluding hydrogens is 427 g/mol. The maximum atomic E-state index is 12.6. The first kappa shape index (κ1) is 18.2. The molecule has 1 aliphatic heterocycles. The largest absolute Gasteiger partial charge is 0.326 e. The molecule has 0 unspecified atom stereocenters. The fourth-order valence-corrected chi connectivity index (χ4v) is 3.67. The SMILES string of the molecule is Cc1cc(Br)ccc1NC(=O)[C@@H]1CC(=O)N(c2cc(Cl)ccc2Cl)C1. The summed E-state index contributed by atoms with van der Waals surface area (Å²) in [6.45, 7) is 2.19. The minimum atomic E-state index is -0.439. The van der Waals surface area contributed by atoms with E-state index in [-0.39, 0.29) is 24.8 Å². The molecule has 2 aromatic carbocycles. The molecule has 25 heavy (non-hydrogen) atoms. The third-order valence-corrected chi connectivity index (χ3v) is 5.19. The molecule has 4 nitrogen and oxygen atoms in total. The van der Waals surface area contributed by atoms with Crippen LogP contribution in [0.25, 0.3) is 0 Å². The number of amides is 2. The molecule has 1 atom stereocenters. The first-order valence-electron chi connectivity index (χ1n) is 7.67. The van der Waals surface area contributed by atoms with Gasteiger partial charge in [0.2, 0.25) is 11.8 Å². The second kappa shape index (κ2) is 7.36. The van der Waals surface area contributed by atoms with Crippen LogP contribution < -0.4 is 10.2 Å². The Kier molecular flexibility index (Phi) is 5.37. The van der Waals surface area contributed by atoms with E-state index in [2.05, 4.69) is 21.2 Å². The lowest BCUT2D eigenvalue weighted by Crippen LogP contribution is -2.28. The van der Waals surface area contributed by atoms with E-state index in [1.54, 1.807) is 18.2 Å². The van der Waals surface area contributed by atoms with E-state index in [9.17, 15) is 9.59 Å². The molecule has 0 radical (unpaired) electrons. The predicted molar refractivity (Wildman–Crippen MR) is 104 cm³/mol. The molecule has 1 heterocycles. The van der Waals surface area contributed by atoms with Crippen molar-refractivity contribution in [3.63, 3.8) is 0 Å². The van der Waals surface area contributed by atoms with E-state index in [1.807, 2.05) is 25.1 Å². The van der Waals surface area contributed by atoms with E-state index < -0.39 is 5.92 Å². The molecule has 2 amide bonds. The Morgan fingerprint density at radius 1 is 1.24 bits per heavy atom. The van der Waals surface area contributed by atoms with Gasteiger partial charge < -0.3 is 10.2 Å². The third-order valence-electron chi connectivity index (χ3n) is 4.14. The van der Waals surface area contributed by atoms with E-state index in [0.717, 1.165) is 15.7 Å². The van der Waals surface area contributed by atoms with Gasteiger partial charge in [0.25, 0.3) is 0 Å². The number of aryl methyl sites for hydroxylation is 1. The van der Waals surface area contributed by atoms with Gasteiger partial charge in [-0.2, -0.15) is 0 Å². The van der Waals surface area contributed by atoms with Gasteiger partial charge in [-0.1, -0.05) is 39.1 Å². The highest BCUT2D eigenvalue weighted by Crippen LogP contribution is 2.34. The molecule has 0 aliphatic carbocycles. The summed E-state index contributed by atoms with van der Waals surface area (Å²) in [5, 5.41) is 3.82. The highest BCUT2D eigenvalue weighted by atomic mass is 79.9. The molecule has 7 heteroatoms. The summed E-state index contributed by atoms with van der Waals surface area (Å²) in [7, 11) is 0. The Labute approximate surface area is 164 Å². The van der Waals surface area contributed by atoms with Crippen LogP contribution in [0.4, 0.5) is 11.4 Å². The Morgan fingerprint density at radius 3 is 2.72 bits per heavy atom. The Morgan fingerprint density at radius 2 is 2.00 bits per heavy atom. The first-order valence-corrected chi connectivity index (χ1v) is 9.22. The number of benzene rings is 2. The summed E-state index contributed by atoms with van der Waals surface area (Å²) in [6, 6.07) is 10.6. The van der Waals surface area contributed by atoms with Gasteiger partial charge in [-0.25, -0.2) is 0 Å². The number of carbonyl (C=O) groups excluding carboxylic acids is 2. The molecule has 0 aromatic heterocycles. The van der Waals surface area contributed by atoms with Gasteiger partial charge in [-0.05, 0) is 48.9 Å². The van der Waals surface area contributed by atoms with Crippen molar-refractivity contribution in [3.8, 4) is 0 Å². The second-order valence-corrected chi connectivity index (χ2v) is 7.71. The zero-order chi connectivity index (χ0) is 18.1. The minimum Gasteiger partial charge on any atom is -0.326 e. The monoisotopic (exact) mass is 440 g/mol. The van der Waals surface area contributed by atoms with Gasteiger partial charge in [0.15, 0.2) is 0 Å². The molecular formula is C18H15BrCl2N2O2. The number of hydrogen-bond acceptors (Lipinski definition) is 2. The average molecular weight is 442 g/mol. The van der Waals surface area contributed by atoms with Crippen molar-refractivity contribution in [2.45, 2.75) is 13.3 Å². The fourth-order valence-electron chi connectivity index (χ4n) is 2.81. The molecule has 0 spiro atoms. The standard InChI is InChI=1S/C18H15BrCl2N2O2/c1-10-6-12(19)2-5-15(10)22-18(25)11-7-17(24)23(9-11)16-8-13(20)3-4-14(16)21/h2-6,8,11H,7,9H2,1H3,(H,22,25)/t11-/m1/s1. The smallest absolute Gasteiger partial charge is 0.229 e. The van der Waals surface area contributed by atoms with E-state index in [1.165, 1.54) is 4.90 Å². The molecule has 130 valence electrons. The topological polar surface area (TPSA) is 49.4 Å². The van der Waals surface area contributed by atoms with E-state index >= 15 is 0 Å². The van der Waals surface area contributed by atoms with Gasteiger partial charge >= 0.3 is 0 Å². The van der Waals surface area contributed by atoms with Crippen LogP contribution in [0.15, 0.2) is 40.9 Å². The highest BCUT2D eigenvalue weighted by molar-refractivity contribution is 9.10. The lowest BCUT2D eigenvalue weighted by molar-refractivity contribution is -0.122. The Balaban J connectivity index is 1.75. The molecule has 3 rings (SSSR count). The van der Waals surface area contributed by atoms with Gasteiger partial charge in [0.1, 0.15) is 0 Å². The fraction of sp³-hybridized carbons (Fsp3) is 0.222. The van der Waals surface area contributed by atoms with Crippen LogP contribution in [0.2, 0.25) is 10.0 Å². The Bertz CT molecular complexity index is 857. The molecule has 0 saturated carbocycles. The molecule has 1 fully saturated rings. The van der Waals surface area contributed by atoms with Gasteiger partial charge in [-0.15, -0.1) is 0 Å². The normalized spacial score (nSPS) is 17.0. The minimum absolute atomic E-state index is 0.142. The lowest BCUT2D eigenvalue weighted by atomic mass is 10.1. The number of carbonyl (C=O) groups is 2. The van der Waals surface area contributed by atoms with Crippen molar-refractivity contribution in [3.05, 3.63) is 56.5 Å². The van der Waals surface area contributed by atoms with Crippen LogP contribution in [0.5, 0.6) is 0 Å². The van der Waals surface area contributed by atoms with Crippen LogP contribution in [-0.4, -0.2) is 18.4 Å².